The second-order valence-corrected chi connectivity index (χ2v) is 4.44. The molecule has 0 saturated carbocycles. The lowest BCUT2D eigenvalue weighted by molar-refractivity contribution is -0.134. The highest BCUT2D eigenvalue weighted by Crippen LogP contribution is 2.32. The van der Waals surface area contributed by atoms with Crippen molar-refractivity contribution in [2.75, 3.05) is 13.1 Å². The van der Waals surface area contributed by atoms with Gasteiger partial charge in [-0.2, -0.15) is 0 Å². The lowest BCUT2D eigenvalue weighted by Crippen LogP contribution is -2.44. The molecule has 76 valence electrons. The third-order valence-corrected chi connectivity index (χ3v) is 3.29. The molecule has 1 aliphatic rings. The minimum Gasteiger partial charge on any atom is -0.342 e. The molecule has 1 aliphatic heterocycles. The molecule has 1 saturated heterocycles. The van der Waals surface area contributed by atoms with E-state index in [1.807, 2.05) is 11.8 Å². The van der Waals surface area contributed by atoms with Crippen LogP contribution >= 0.6 is 0 Å². The Morgan fingerprint density at radius 3 is 2.69 bits per heavy atom. The standard InChI is InChI=1S/C11H21NO/c1-4-10(13)12-8-6-7-11(3,5-2)9-12/h4-9H2,1-3H3. The molecule has 0 aromatic heterocycles. The van der Waals surface area contributed by atoms with Crippen molar-refractivity contribution in [3.63, 3.8) is 0 Å². The van der Waals surface area contributed by atoms with Crippen molar-refractivity contribution in [2.24, 2.45) is 5.41 Å². The van der Waals surface area contributed by atoms with Gasteiger partial charge in [0.2, 0.25) is 5.91 Å². The van der Waals surface area contributed by atoms with Crippen LogP contribution in [0.25, 0.3) is 0 Å². The molecule has 1 unspecified atom stereocenters. The molecule has 1 rings (SSSR count). The molecule has 13 heavy (non-hydrogen) atoms. The summed E-state index contributed by atoms with van der Waals surface area (Å²) < 4.78 is 0. The first kappa shape index (κ1) is 10.6. The van der Waals surface area contributed by atoms with E-state index in [-0.39, 0.29) is 0 Å². The topological polar surface area (TPSA) is 20.3 Å². The number of carbonyl (C=O) groups excluding carboxylic acids is 1. The molecule has 0 N–H and O–H groups in total. The first-order chi connectivity index (χ1) is 6.11. The maximum atomic E-state index is 11.5. The smallest absolute Gasteiger partial charge is 0.222 e. The van der Waals surface area contributed by atoms with Crippen molar-refractivity contribution >= 4 is 5.91 Å². The molecule has 1 heterocycles. The number of nitrogens with zero attached hydrogens (tertiary/aromatic N) is 1. The molecule has 0 aromatic carbocycles. The monoisotopic (exact) mass is 183 g/mol. The largest absolute Gasteiger partial charge is 0.342 e. The van der Waals surface area contributed by atoms with Crippen molar-refractivity contribution in [1.82, 2.24) is 4.90 Å². The van der Waals surface area contributed by atoms with Crippen LogP contribution in [0.15, 0.2) is 0 Å². The van der Waals surface area contributed by atoms with E-state index in [0.29, 0.717) is 17.7 Å². The number of hydrogen-bond acceptors (Lipinski definition) is 1. The maximum absolute atomic E-state index is 11.5. The third kappa shape index (κ3) is 2.45. The van der Waals surface area contributed by atoms with Crippen LogP contribution in [0, 0.1) is 5.41 Å². The van der Waals surface area contributed by atoms with Crippen LogP contribution in [0.2, 0.25) is 0 Å². The average molecular weight is 183 g/mol. The Bertz CT molecular complexity index is 191. The molecular formula is C11H21NO. The van der Waals surface area contributed by atoms with Crippen LogP contribution in [0.4, 0.5) is 0 Å². The predicted octanol–water partition coefficient (Wildman–Crippen LogP) is 2.44. The molecule has 1 fully saturated rings. The van der Waals surface area contributed by atoms with Gasteiger partial charge in [0.1, 0.15) is 0 Å². The lowest BCUT2D eigenvalue weighted by Gasteiger charge is -2.40. The van der Waals surface area contributed by atoms with Crippen molar-refractivity contribution in [1.29, 1.82) is 0 Å². The fourth-order valence-electron chi connectivity index (χ4n) is 2.04. The van der Waals surface area contributed by atoms with Gasteiger partial charge in [0, 0.05) is 19.5 Å². The number of rotatable bonds is 2. The van der Waals surface area contributed by atoms with E-state index in [2.05, 4.69) is 13.8 Å². The van der Waals surface area contributed by atoms with Gasteiger partial charge in [-0.15, -0.1) is 0 Å². The van der Waals surface area contributed by atoms with E-state index in [1.165, 1.54) is 19.3 Å². The van der Waals surface area contributed by atoms with Crippen molar-refractivity contribution < 1.29 is 4.79 Å². The molecule has 0 spiro atoms. The summed E-state index contributed by atoms with van der Waals surface area (Å²) in [6.45, 7) is 8.40. The second kappa shape index (κ2) is 4.12. The Morgan fingerprint density at radius 1 is 1.46 bits per heavy atom. The zero-order chi connectivity index (χ0) is 9.90. The Balaban J connectivity index is 2.56. The van der Waals surface area contributed by atoms with E-state index in [9.17, 15) is 4.79 Å². The normalized spacial score (nSPS) is 29.0. The minimum atomic E-state index is 0.319. The van der Waals surface area contributed by atoms with E-state index in [0.717, 1.165) is 13.1 Å². The summed E-state index contributed by atoms with van der Waals surface area (Å²) in [6, 6.07) is 0. The SMILES string of the molecule is CCC(=O)N1CCCC(C)(CC)C1. The van der Waals surface area contributed by atoms with E-state index < -0.39 is 0 Å². The summed E-state index contributed by atoms with van der Waals surface area (Å²) in [5.41, 5.74) is 0.378. The number of piperidine rings is 1. The Labute approximate surface area is 81.3 Å². The van der Waals surface area contributed by atoms with Crippen molar-refractivity contribution in [3.8, 4) is 0 Å². The van der Waals surface area contributed by atoms with Crippen LogP contribution < -0.4 is 0 Å². The quantitative estimate of drug-likeness (QED) is 0.644. The summed E-state index contributed by atoms with van der Waals surface area (Å²) >= 11 is 0. The first-order valence-electron chi connectivity index (χ1n) is 5.39. The lowest BCUT2D eigenvalue weighted by atomic mass is 9.79. The Kier molecular flexibility index (Phi) is 3.34. The number of hydrogen-bond donors (Lipinski definition) is 0. The zero-order valence-corrected chi connectivity index (χ0v) is 9.10. The fourth-order valence-corrected chi connectivity index (χ4v) is 2.04. The molecular weight excluding hydrogens is 162 g/mol. The zero-order valence-electron chi connectivity index (χ0n) is 9.10. The van der Waals surface area contributed by atoms with Crippen molar-refractivity contribution in [3.05, 3.63) is 0 Å². The second-order valence-electron chi connectivity index (χ2n) is 4.44. The van der Waals surface area contributed by atoms with Crippen LogP contribution in [-0.4, -0.2) is 23.9 Å². The number of amides is 1. The van der Waals surface area contributed by atoms with Gasteiger partial charge in [-0.25, -0.2) is 0 Å². The van der Waals surface area contributed by atoms with Crippen LogP contribution in [0.5, 0.6) is 0 Å². The molecule has 0 radical (unpaired) electrons. The van der Waals surface area contributed by atoms with Gasteiger partial charge in [-0.05, 0) is 24.7 Å². The molecule has 0 aliphatic carbocycles. The van der Waals surface area contributed by atoms with Crippen LogP contribution in [0.1, 0.15) is 46.5 Å². The molecule has 1 amide bonds. The number of likely N-dealkylation sites (tertiary alicyclic amines) is 1. The van der Waals surface area contributed by atoms with Crippen molar-refractivity contribution in [2.45, 2.75) is 46.5 Å². The fraction of sp³-hybridized carbons (Fsp3) is 0.909. The van der Waals surface area contributed by atoms with E-state index in [4.69, 9.17) is 0 Å². The van der Waals surface area contributed by atoms with Gasteiger partial charge in [0.05, 0.1) is 0 Å². The first-order valence-corrected chi connectivity index (χ1v) is 5.39. The maximum Gasteiger partial charge on any atom is 0.222 e. The predicted molar refractivity (Wildman–Crippen MR) is 54.5 cm³/mol. The van der Waals surface area contributed by atoms with Crippen LogP contribution in [0.3, 0.4) is 0 Å². The van der Waals surface area contributed by atoms with Crippen LogP contribution in [-0.2, 0) is 4.79 Å². The molecule has 2 heteroatoms. The summed E-state index contributed by atoms with van der Waals surface area (Å²) in [7, 11) is 0. The molecule has 0 bridgehead atoms. The third-order valence-electron chi connectivity index (χ3n) is 3.29. The number of carbonyl (C=O) groups is 1. The van der Waals surface area contributed by atoms with Gasteiger partial charge in [-0.1, -0.05) is 20.8 Å². The van der Waals surface area contributed by atoms with E-state index >= 15 is 0 Å². The summed E-state index contributed by atoms with van der Waals surface area (Å²) in [5, 5.41) is 0. The summed E-state index contributed by atoms with van der Waals surface area (Å²) in [6.07, 6.45) is 4.29. The highest BCUT2D eigenvalue weighted by Gasteiger charge is 2.30. The van der Waals surface area contributed by atoms with Gasteiger partial charge in [0.15, 0.2) is 0 Å². The van der Waals surface area contributed by atoms with Gasteiger partial charge < -0.3 is 4.90 Å². The molecule has 2 nitrogen and oxygen atoms in total. The van der Waals surface area contributed by atoms with Gasteiger partial charge >= 0.3 is 0 Å². The highest BCUT2D eigenvalue weighted by molar-refractivity contribution is 5.75. The van der Waals surface area contributed by atoms with E-state index in [1.54, 1.807) is 0 Å². The van der Waals surface area contributed by atoms with Gasteiger partial charge in [0.25, 0.3) is 0 Å². The summed E-state index contributed by atoms with van der Waals surface area (Å²) in [5.74, 6) is 0.319. The average Bonchev–Trinajstić information content (AvgIpc) is 2.17. The molecule has 1 atom stereocenters. The minimum absolute atomic E-state index is 0.319. The Hall–Kier alpha value is -0.530. The van der Waals surface area contributed by atoms with Gasteiger partial charge in [-0.3, -0.25) is 4.79 Å². The summed E-state index contributed by atoms with van der Waals surface area (Å²) in [4.78, 5) is 13.5. The highest BCUT2D eigenvalue weighted by atomic mass is 16.2. The Morgan fingerprint density at radius 2 is 2.15 bits per heavy atom. The molecule has 0 aromatic rings.